The first-order chi connectivity index (χ1) is 9.28. The minimum Gasteiger partial charge on any atom is -0.506 e. The molecule has 0 amide bonds. The van der Waals surface area contributed by atoms with Crippen molar-refractivity contribution >= 4 is 55.4 Å². The molecule has 0 spiro atoms. The van der Waals surface area contributed by atoms with Crippen molar-refractivity contribution in [2.45, 2.75) is 19.6 Å². The van der Waals surface area contributed by atoms with Crippen LogP contribution in [0.5, 0.6) is 5.75 Å². The maximum atomic E-state index is 12.7. The average molecular weight is 496 g/mol. The topological polar surface area (TPSA) is 81.8 Å². The summed E-state index contributed by atoms with van der Waals surface area (Å²) in [7, 11) is -3.53. The van der Waals surface area contributed by atoms with Gasteiger partial charge < -0.3 is 19.9 Å². The molecular weight excluding hydrogens is 481 g/mol. The van der Waals surface area contributed by atoms with Gasteiger partial charge in [0.1, 0.15) is 11.5 Å². The van der Waals surface area contributed by atoms with Crippen molar-refractivity contribution in [1.29, 1.82) is 0 Å². The van der Waals surface area contributed by atoms with Gasteiger partial charge in [0.15, 0.2) is 0 Å². The van der Waals surface area contributed by atoms with Crippen LogP contribution in [0.4, 0.5) is 0 Å². The largest absolute Gasteiger partial charge is 0.506 e. The summed E-state index contributed by atoms with van der Waals surface area (Å²) < 4.78 is 24.6. The zero-order valence-corrected chi connectivity index (χ0v) is 16.6. The van der Waals surface area contributed by atoms with Gasteiger partial charge in [-0.05, 0) is 51.8 Å². The van der Waals surface area contributed by atoms with Crippen LogP contribution in [0.25, 0.3) is 0 Å². The SMILES string of the molecule is CCOP(=O)(OCC)[C@@H](N)c1c(Br)cc(Br)c(O)c1Br. The molecule has 0 bridgehead atoms. The maximum absolute atomic E-state index is 12.7. The zero-order chi connectivity index (χ0) is 15.5. The first kappa shape index (κ1) is 18.6. The van der Waals surface area contributed by atoms with E-state index in [1.54, 1.807) is 19.9 Å². The van der Waals surface area contributed by atoms with E-state index in [2.05, 4.69) is 47.8 Å². The van der Waals surface area contributed by atoms with Gasteiger partial charge in [-0.1, -0.05) is 15.9 Å². The number of nitrogens with two attached hydrogens (primary N) is 1. The second-order valence-corrected chi connectivity index (χ2v) is 8.39. The van der Waals surface area contributed by atoms with E-state index < -0.39 is 13.4 Å². The van der Waals surface area contributed by atoms with Crippen LogP contribution in [-0.4, -0.2) is 18.3 Å². The molecule has 20 heavy (non-hydrogen) atoms. The molecule has 0 aliphatic carbocycles. The van der Waals surface area contributed by atoms with E-state index in [0.29, 0.717) is 19.0 Å². The van der Waals surface area contributed by atoms with Crippen molar-refractivity contribution < 1.29 is 18.7 Å². The Balaban J connectivity index is 3.36. The highest BCUT2D eigenvalue weighted by Crippen LogP contribution is 2.61. The Morgan fingerprint density at radius 1 is 1.25 bits per heavy atom. The van der Waals surface area contributed by atoms with Gasteiger partial charge in [0.2, 0.25) is 0 Å². The summed E-state index contributed by atoms with van der Waals surface area (Å²) in [6, 6.07) is 1.62. The normalized spacial score (nSPS) is 13.5. The van der Waals surface area contributed by atoms with E-state index in [4.69, 9.17) is 14.8 Å². The minimum atomic E-state index is -3.53. The number of rotatable bonds is 6. The smallest absolute Gasteiger partial charge is 0.351 e. The third kappa shape index (κ3) is 3.85. The standard InChI is InChI=1S/C11H15Br3NO4P/c1-3-18-20(17,19-4-2)11(15)8-6(12)5-7(13)10(16)9(8)14/h5,11,16H,3-4,15H2,1-2H3/t11-/m1/s1. The molecule has 0 saturated heterocycles. The lowest BCUT2D eigenvalue weighted by atomic mass is 10.2. The van der Waals surface area contributed by atoms with E-state index in [1.165, 1.54) is 0 Å². The molecule has 9 heteroatoms. The molecule has 1 aromatic carbocycles. The summed E-state index contributed by atoms with van der Waals surface area (Å²) in [5, 5.41) is 9.94. The Labute approximate surface area is 143 Å². The van der Waals surface area contributed by atoms with E-state index in [1.807, 2.05) is 0 Å². The predicted molar refractivity (Wildman–Crippen MR) is 89.0 cm³/mol. The fourth-order valence-corrected chi connectivity index (χ4v) is 6.25. The Morgan fingerprint density at radius 2 is 1.75 bits per heavy atom. The average Bonchev–Trinajstić information content (AvgIpc) is 2.36. The van der Waals surface area contributed by atoms with Crippen molar-refractivity contribution in [3.05, 3.63) is 25.0 Å². The van der Waals surface area contributed by atoms with E-state index in [0.717, 1.165) is 0 Å². The van der Waals surface area contributed by atoms with Crippen molar-refractivity contribution in [2.75, 3.05) is 13.2 Å². The highest BCUT2D eigenvalue weighted by Gasteiger charge is 2.37. The van der Waals surface area contributed by atoms with Crippen molar-refractivity contribution in [3.8, 4) is 5.75 Å². The molecule has 1 atom stereocenters. The fourth-order valence-electron chi connectivity index (χ4n) is 1.58. The lowest BCUT2D eigenvalue weighted by Crippen LogP contribution is -2.16. The molecule has 0 heterocycles. The van der Waals surface area contributed by atoms with Crippen molar-refractivity contribution in [1.82, 2.24) is 0 Å². The quantitative estimate of drug-likeness (QED) is 0.548. The van der Waals surface area contributed by atoms with Gasteiger partial charge in [-0.3, -0.25) is 4.57 Å². The molecule has 1 rings (SSSR count). The minimum absolute atomic E-state index is 0.0294. The number of hydrogen-bond acceptors (Lipinski definition) is 5. The Morgan fingerprint density at radius 3 is 2.20 bits per heavy atom. The molecule has 3 N–H and O–H groups in total. The Bertz CT molecular complexity index is 531. The summed E-state index contributed by atoms with van der Waals surface area (Å²) >= 11 is 9.81. The molecule has 0 radical (unpaired) electrons. The van der Waals surface area contributed by atoms with Crippen LogP contribution in [-0.2, 0) is 13.6 Å². The van der Waals surface area contributed by atoms with E-state index in [-0.39, 0.29) is 19.0 Å². The fraction of sp³-hybridized carbons (Fsp3) is 0.455. The summed E-state index contributed by atoms with van der Waals surface area (Å²) in [5.41, 5.74) is 6.49. The third-order valence-electron chi connectivity index (χ3n) is 2.44. The van der Waals surface area contributed by atoms with Crippen LogP contribution >= 0.6 is 55.4 Å². The number of benzene rings is 1. The molecule has 0 saturated carbocycles. The van der Waals surface area contributed by atoms with Gasteiger partial charge in [-0.15, -0.1) is 0 Å². The second kappa shape index (κ2) is 7.72. The highest BCUT2D eigenvalue weighted by molar-refractivity contribution is 9.11. The molecule has 1 aromatic rings. The monoisotopic (exact) mass is 493 g/mol. The first-order valence-corrected chi connectivity index (χ1v) is 9.78. The third-order valence-corrected chi connectivity index (χ3v) is 6.67. The summed E-state index contributed by atoms with van der Waals surface area (Å²) in [5.74, 6) is -1.05. The molecular formula is C11H15Br3NO4P. The van der Waals surface area contributed by atoms with Gasteiger partial charge in [0, 0.05) is 10.0 Å². The summed E-state index contributed by atoms with van der Waals surface area (Å²) in [4.78, 5) is 0. The molecule has 0 fully saturated rings. The first-order valence-electron chi connectivity index (χ1n) is 5.79. The number of hydrogen-bond donors (Lipinski definition) is 2. The van der Waals surface area contributed by atoms with E-state index in [9.17, 15) is 9.67 Å². The van der Waals surface area contributed by atoms with Crippen LogP contribution in [0.3, 0.4) is 0 Å². The number of phenolic OH excluding ortho intramolecular Hbond substituents is 1. The number of phenols is 1. The van der Waals surface area contributed by atoms with Gasteiger partial charge >= 0.3 is 7.60 Å². The molecule has 114 valence electrons. The summed E-state index contributed by atoms with van der Waals surface area (Å²) in [6.07, 6.45) is 0. The number of aromatic hydroxyl groups is 1. The van der Waals surface area contributed by atoms with E-state index >= 15 is 0 Å². The highest BCUT2D eigenvalue weighted by atomic mass is 79.9. The lowest BCUT2D eigenvalue weighted by Gasteiger charge is -2.25. The lowest BCUT2D eigenvalue weighted by molar-refractivity contribution is 0.212. The molecule has 0 aromatic heterocycles. The van der Waals surface area contributed by atoms with Gasteiger partial charge in [0.05, 0.1) is 22.2 Å². The Hall–Kier alpha value is 0.570. The van der Waals surface area contributed by atoms with Crippen molar-refractivity contribution in [3.63, 3.8) is 0 Å². The zero-order valence-electron chi connectivity index (χ0n) is 10.9. The second-order valence-electron chi connectivity index (χ2n) is 3.74. The molecule has 0 unspecified atom stereocenters. The molecule has 5 nitrogen and oxygen atoms in total. The molecule has 0 aliphatic heterocycles. The van der Waals surface area contributed by atoms with Crippen LogP contribution < -0.4 is 5.73 Å². The summed E-state index contributed by atoms with van der Waals surface area (Å²) in [6.45, 7) is 3.84. The Kier molecular flexibility index (Phi) is 7.19. The van der Waals surface area contributed by atoms with Crippen LogP contribution in [0.15, 0.2) is 19.5 Å². The maximum Gasteiger partial charge on any atom is 0.351 e. The van der Waals surface area contributed by atoms with Crippen LogP contribution in [0, 0.1) is 0 Å². The molecule has 0 aliphatic rings. The van der Waals surface area contributed by atoms with Crippen LogP contribution in [0.1, 0.15) is 25.2 Å². The predicted octanol–water partition coefficient (Wildman–Crippen LogP) is 4.90. The van der Waals surface area contributed by atoms with Gasteiger partial charge in [0.25, 0.3) is 0 Å². The number of halogens is 3. The van der Waals surface area contributed by atoms with Gasteiger partial charge in [-0.25, -0.2) is 0 Å². The van der Waals surface area contributed by atoms with Crippen molar-refractivity contribution in [2.24, 2.45) is 5.73 Å². The van der Waals surface area contributed by atoms with Crippen LogP contribution in [0.2, 0.25) is 0 Å². The van der Waals surface area contributed by atoms with Gasteiger partial charge in [-0.2, -0.15) is 0 Å².